The molecule has 0 heterocycles. The predicted molar refractivity (Wildman–Crippen MR) is 101 cm³/mol. The highest BCUT2D eigenvalue weighted by Gasteiger charge is 2.59. The van der Waals surface area contributed by atoms with Gasteiger partial charge in [-0.15, -0.1) is 0 Å². The van der Waals surface area contributed by atoms with Gasteiger partial charge in [-0.1, -0.05) is 27.2 Å². The minimum atomic E-state index is -0.400. The molecule has 2 heteroatoms. The van der Waals surface area contributed by atoms with Crippen LogP contribution in [0.5, 0.6) is 0 Å². The van der Waals surface area contributed by atoms with Crippen LogP contribution in [0.3, 0.4) is 0 Å². The van der Waals surface area contributed by atoms with Crippen LogP contribution in [0.25, 0.3) is 0 Å². The van der Waals surface area contributed by atoms with Crippen LogP contribution in [-0.4, -0.2) is 17.0 Å². The molecule has 0 aliphatic heterocycles. The molecule has 0 bridgehead atoms. The molecule has 1 N–H and O–H groups in total. The van der Waals surface area contributed by atoms with Gasteiger partial charge in [0.05, 0.1) is 5.60 Å². The van der Waals surface area contributed by atoms with E-state index in [-0.39, 0.29) is 5.41 Å². The van der Waals surface area contributed by atoms with Crippen LogP contribution in [0.2, 0.25) is 0 Å². The second-order valence-corrected chi connectivity index (χ2v) is 10.7. The van der Waals surface area contributed by atoms with E-state index < -0.39 is 5.60 Å². The van der Waals surface area contributed by atoms with Crippen LogP contribution in [0.1, 0.15) is 91.4 Å². The van der Waals surface area contributed by atoms with E-state index >= 15 is 0 Å². The zero-order valence-electron chi connectivity index (χ0n) is 16.6. The van der Waals surface area contributed by atoms with Gasteiger partial charge in [0, 0.05) is 5.92 Å². The largest absolute Gasteiger partial charge is 0.390 e. The molecule has 0 aromatic heterocycles. The number of carbonyl (C=O) groups is 1. The summed E-state index contributed by atoms with van der Waals surface area (Å²) in [4.78, 5) is 11.7. The lowest BCUT2D eigenvalue weighted by Gasteiger charge is -2.57. The lowest BCUT2D eigenvalue weighted by atomic mass is 9.48. The average molecular weight is 347 g/mol. The molecule has 4 rings (SSSR count). The van der Waals surface area contributed by atoms with E-state index in [0.717, 1.165) is 43.4 Å². The van der Waals surface area contributed by atoms with Crippen molar-refractivity contribution >= 4 is 6.29 Å². The van der Waals surface area contributed by atoms with Gasteiger partial charge in [-0.2, -0.15) is 0 Å². The summed E-state index contributed by atoms with van der Waals surface area (Å²) in [5, 5.41) is 10.9. The zero-order chi connectivity index (χ0) is 17.9. The van der Waals surface area contributed by atoms with Crippen molar-refractivity contribution in [2.75, 3.05) is 0 Å². The van der Waals surface area contributed by atoms with Crippen molar-refractivity contribution in [3.8, 4) is 0 Å². The minimum absolute atomic E-state index is 0.276. The summed E-state index contributed by atoms with van der Waals surface area (Å²) in [6.45, 7) is 7.17. The normalized spacial score (nSPS) is 55.6. The molecule has 8 atom stereocenters. The van der Waals surface area contributed by atoms with Crippen molar-refractivity contribution in [2.45, 2.75) is 97.0 Å². The van der Waals surface area contributed by atoms with Gasteiger partial charge >= 0.3 is 0 Å². The van der Waals surface area contributed by atoms with E-state index in [0.29, 0.717) is 17.3 Å². The smallest absolute Gasteiger partial charge is 0.123 e. The molecular formula is C23H38O2. The number of aldehydes is 1. The first-order valence-electron chi connectivity index (χ1n) is 11.0. The Kier molecular flexibility index (Phi) is 4.38. The van der Waals surface area contributed by atoms with Gasteiger partial charge in [-0.05, 0) is 98.7 Å². The third-order valence-corrected chi connectivity index (χ3v) is 9.96. The Morgan fingerprint density at radius 3 is 2.44 bits per heavy atom. The van der Waals surface area contributed by atoms with E-state index in [9.17, 15) is 9.90 Å². The molecule has 0 aromatic carbocycles. The Morgan fingerprint density at radius 2 is 1.72 bits per heavy atom. The third kappa shape index (κ3) is 2.57. The zero-order valence-corrected chi connectivity index (χ0v) is 16.6. The number of hydrogen-bond donors (Lipinski definition) is 1. The van der Waals surface area contributed by atoms with Crippen molar-refractivity contribution in [1.29, 1.82) is 0 Å². The molecule has 4 aliphatic carbocycles. The summed E-state index contributed by atoms with van der Waals surface area (Å²) in [5.74, 6) is 3.43. The predicted octanol–water partition coefficient (Wildman–Crippen LogP) is 5.38. The molecule has 0 saturated heterocycles. The van der Waals surface area contributed by atoms with Crippen molar-refractivity contribution < 1.29 is 9.90 Å². The molecule has 4 aliphatic rings. The molecule has 0 radical (unpaired) electrons. The minimum Gasteiger partial charge on any atom is -0.390 e. The fourth-order valence-corrected chi connectivity index (χ4v) is 8.11. The van der Waals surface area contributed by atoms with Crippen LogP contribution in [-0.2, 0) is 4.79 Å². The highest BCUT2D eigenvalue weighted by atomic mass is 16.3. The van der Waals surface area contributed by atoms with Crippen molar-refractivity contribution in [2.24, 2.45) is 40.4 Å². The topological polar surface area (TPSA) is 37.3 Å². The lowest BCUT2D eigenvalue weighted by Crippen LogP contribution is -2.51. The van der Waals surface area contributed by atoms with Gasteiger partial charge in [-0.3, -0.25) is 0 Å². The maximum absolute atomic E-state index is 11.7. The summed E-state index contributed by atoms with van der Waals surface area (Å²) < 4.78 is 0. The Balaban J connectivity index is 1.63. The molecular weight excluding hydrogens is 308 g/mol. The van der Waals surface area contributed by atoms with Gasteiger partial charge in [-0.25, -0.2) is 0 Å². The van der Waals surface area contributed by atoms with Gasteiger partial charge in [0.2, 0.25) is 0 Å². The summed E-state index contributed by atoms with van der Waals surface area (Å²) in [6.07, 6.45) is 14.4. The molecule has 4 fully saturated rings. The molecule has 142 valence electrons. The fraction of sp³-hybridized carbons (Fsp3) is 0.957. The van der Waals surface area contributed by atoms with E-state index in [1.807, 2.05) is 0 Å². The summed E-state index contributed by atoms with van der Waals surface area (Å²) >= 11 is 0. The monoisotopic (exact) mass is 346 g/mol. The average Bonchev–Trinajstić information content (AvgIpc) is 2.87. The molecule has 0 amide bonds. The molecule has 0 aromatic rings. The molecule has 25 heavy (non-hydrogen) atoms. The van der Waals surface area contributed by atoms with Crippen LogP contribution in [0, 0.1) is 40.4 Å². The van der Waals surface area contributed by atoms with Crippen molar-refractivity contribution in [3.63, 3.8) is 0 Å². The molecule has 0 unspecified atom stereocenters. The lowest BCUT2D eigenvalue weighted by molar-refractivity contribution is -0.125. The van der Waals surface area contributed by atoms with E-state index in [1.165, 1.54) is 51.2 Å². The SMILES string of the molecule is CC[C@]1(O)CC[C@@]2(C)[C@@H](CCC[C@H]3[C@@H]2CC[C@]2(C)[C@@H](C=O)CC[C@@H]32)C1. The summed E-state index contributed by atoms with van der Waals surface area (Å²) in [7, 11) is 0. The van der Waals surface area contributed by atoms with Crippen LogP contribution >= 0.6 is 0 Å². The Hall–Kier alpha value is -0.370. The summed E-state index contributed by atoms with van der Waals surface area (Å²) in [6, 6.07) is 0. The Labute approximate surface area is 154 Å². The first-order chi connectivity index (χ1) is 11.9. The molecule has 2 nitrogen and oxygen atoms in total. The van der Waals surface area contributed by atoms with Crippen LogP contribution in [0.15, 0.2) is 0 Å². The van der Waals surface area contributed by atoms with Gasteiger partial charge in [0.25, 0.3) is 0 Å². The van der Waals surface area contributed by atoms with Gasteiger partial charge < -0.3 is 9.90 Å². The van der Waals surface area contributed by atoms with E-state index in [1.54, 1.807) is 0 Å². The second kappa shape index (κ2) is 6.08. The number of rotatable bonds is 2. The van der Waals surface area contributed by atoms with Crippen LogP contribution in [0.4, 0.5) is 0 Å². The molecule has 4 saturated carbocycles. The van der Waals surface area contributed by atoms with Crippen molar-refractivity contribution in [1.82, 2.24) is 0 Å². The molecule has 0 spiro atoms. The fourth-order valence-electron chi connectivity index (χ4n) is 8.11. The number of fused-ring (bicyclic) bond motifs is 5. The summed E-state index contributed by atoms with van der Waals surface area (Å²) in [5.41, 5.74) is 0.296. The highest BCUT2D eigenvalue weighted by Crippen LogP contribution is 2.66. The quantitative estimate of drug-likeness (QED) is 0.682. The number of carbonyl (C=O) groups excluding carboxylic acids is 1. The first-order valence-corrected chi connectivity index (χ1v) is 11.0. The van der Waals surface area contributed by atoms with E-state index in [2.05, 4.69) is 20.8 Å². The maximum Gasteiger partial charge on any atom is 0.123 e. The number of hydrogen-bond acceptors (Lipinski definition) is 2. The highest BCUT2D eigenvalue weighted by molar-refractivity contribution is 5.56. The van der Waals surface area contributed by atoms with Gasteiger partial charge in [0.1, 0.15) is 6.29 Å². The van der Waals surface area contributed by atoms with Gasteiger partial charge in [0.15, 0.2) is 0 Å². The first kappa shape index (κ1) is 18.0. The second-order valence-electron chi connectivity index (χ2n) is 10.7. The standard InChI is InChI=1S/C23H38O2/c1-4-23(25)13-12-22(3)16(14-23)6-5-7-18-19-9-8-17(15-24)21(19,2)11-10-20(18)22/h15-20,25H,4-14H2,1-3H3/t16-,17+,18+,19-,20-,21+,22-,23-/m0/s1. The van der Waals surface area contributed by atoms with Crippen LogP contribution < -0.4 is 0 Å². The number of aliphatic hydroxyl groups is 1. The Morgan fingerprint density at radius 1 is 0.960 bits per heavy atom. The van der Waals surface area contributed by atoms with Crippen molar-refractivity contribution in [3.05, 3.63) is 0 Å². The van der Waals surface area contributed by atoms with E-state index in [4.69, 9.17) is 0 Å². The Bertz CT molecular complexity index is 530. The third-order valence-electron chi connectivity index (χ3n) is 9.96. The maximum atomic E-state index is 11.7.